The number of halogens is 2. The molecule has 1 aliphatic rings. The minimum atomic E-state index is -2.42. The second-order valence-corrected chi connectivity index (χ2v) is 9.65. The first-order valence-electron chi connectivity index (χ1n) is 11.2. The van der Waals surface area contributed by atoms with Gasteiger partial charge in [0.1, 0.15) is 29.0 Å². The molecule has 0 saturated heterocycles. The SMILES string of the molecule is Cc1cc(-c2nnc(N)s2)cc2c1OCCN(c1nc(CNCC(F)F)nc(C)c1C(C)C)C2. The zero-order valence-electron chi connectivity index (χ0n) is 19.7. The first-order chi connectivity index (χ1) is 16.2. The molecule has 34 heavy (non-hydrogen) atoms. The van der Waals surface area contributed by atoms with Crippen molar-refractivity contribution >= 4 is 22.3 Å². The summed E-state index contributed by atoms with van der Waals surface area (Å²) in [5.41, 5.74) is 10.7. The van der Waals surface area contributed by atoms with E-state index in [4.69, 9.17) is 15.5 Å². The van der Waals surface area contributed by atoms with Gasteiger partial charge < -0.3 is 20.7 Å². The van der Waals surface area contributed by atoms with Gasteiger partial charge in [-0.25, -0.2) is 18.7 Å². The van der Waals surface area contributed by atoms with Crippen molar-refractivity contribution in [2.75, 3.05) is 30.3 Å². The number of anilines is 2. The van der Waals surface area contributed by atoms with Crippen molar-refractivity contribution in [1.29, 1.82) is 0 Å². The summed E-state index contributed by atoms with van der Waals surface area (Å²) in [6, 6.07) is 4.10. The highest BCUT2D eigenvalue weighted by Crippen LogP contribution is 2.36. The summed E-state index contributed by atoms with van der Waals surface area (Å²) in [6.45, 7) is 9.67. The molecule has 11 heteroatoms. The van der Waals surface area contributed by atoms with Crippen molar-refractivity contribution in [2.24, 2.45) is 0 Å². The van der Waals surface area contributed by atoms with E-state index in [1.807, 2.05) is 19.9 Å². The van der Waals surface area contributed by atoms with Gasteiger partial charge in [-0.15, -0.1) is 10.2 Å². The van der Waals surface area contributed by atoms with Gasteiger partial charge in [-0.2, -0.15) is 0 Å². The third-order valence-electron chi connectivity index (χ3n) is 5.63. The average Bonchev–Trinajstić information content (AvgIpc) is 3.07. The molecular formula is C23H29F2N7OS. The molecule has 0 spiro atoms. The number of nitrogens with zero attached hydrogens (tertiary/aromatic N) is 5. The monoisotopic (exact) mass is 489 g/mol. The lowest BCUT2D eigenvalue weighted by Gasteiger charge is -2.27. The standard InChI is InChI=1S/C23H29F2N7OS/c1-12(2)19-14(4)28-18(10-27-9-17(24)25)29-21(19)32-5-6-33-20-13(3)7-15(8-16(20)11-32)22-30-31-23(26)34-22/h7-8,12,17,27H,5-6,9-11H2,1-4H3,(H2,26,31). The Labute approximate surface area is 201 Å². The lowest BCUT2D eigenvalue weighted by molar-refractivity contribution is 0.145. The van der Waals surface area contributed by atoms with Crippen LogP contribution in [0.15, 0.2) is 12.1 Å². The van der Waals surface area contributed by atoms with Gasteiger partial charge in [0.15, 0.2) is 0 Å². The van der Waals surface area contributed by atoms with E-state index in [2.05, 4.69) is 45.3 Å². The van der Waals surface area contributed by atoms with Gasteiger partial charge in [0.05, 0.1) is 19.6 Å². The maximum Gasteiger partial charge on any atom is 0.250 e. The van der Waals surface area contributed by atoms with Gasteiger partial charge in [0.2, 0.25) is 5.13 Å². The van der Waals surface area contributed by atoms with E-state index in [0.717, 1.165) is 44.5 Å². The fourth-order valence-corrected chi connectivity index (χ4v) is 4.88. The van der Waals surface area contributed by atoms with Crippen LogP contribution in [0.5, 0.6) is 5.75 Å². The molecule has 3 N–H and O–H groups in total. The highest BCUT2D eigenvalue weighted by molar-refractivity contribution is 7.18. The maximum absolute atomic E-state index is 12.6. The largest absolute Gasteiger partial charge is 0.491 e. The van der Waals surface area contributed by atoms with Crippen molar-refractivity contribution in [3.8, 4) is 16.3 Å². The molecule has 8 nitrogen and oxygen atoms in total. The lowest BCUT2D eigenvalue weighted by Crippen LogP contribution is -2.29. The van der Waals surface area contributed by atoms with Crippen LogP contribution in [0.1, 0.15) is 48.0 Å². The number of nitrogen functional groups attached to an aromatic ring is 1. The summed E-state index contributed by atoms with van der Waals surface area (Å²) >= 11 is 1.34. The number of alkyl halides is 2. The maximum atomic E-state index is 12.6. The zero-order valence-corrected chi connectivity index (χ0v) is 20.5. The summed E-state index contributed by atoms with van der Waals surface area (Å²) in [4.78, 5) is 11.6. The lowest BCUT2D eigenvalue weighted by atomic mass is 10.0. The Kier molecular flexibility index (Phi) is 7.22. The van der Waals surface area contributed by atoms with E-state index in [-0.39, 0.29) is 12.5 Å². The predicted molar refractivity (Wildman–Crippen MR) is 130 cm³/mol. The summed E-state index contributed by atoms with van der Waals surface area (Å²) in [5, 5.41) is 12.0. The minimum Gasteiger partial charge on any atom is -0.491 e. The van der Waals surface area contributed by atoms with Crippen LogP contribution in [0.3, 0.4) is 0 Å². The van der Waals surface area contributed by atoms with E-state index >= 15 is 0 Å². The fourth-order valence-electron chi connectivity index (χ4n) is 4.28. The summed E-state index contributed by atoms with van der Waals surface area (Å²) in [5.74, 6) is 2.37. The molecule has 0 fully saturated rings. The highest BCUT2D eigenvalue weighted by Gasteiger charge is 2.25. The molecule has 3 heterocycles. The molecule has 1 aliphatic heterocycles. The molecule has 0 amide bonds. The molecular weight excluding hydrogens is 460 g/mol. The number of fused-ring (bicyclic) bond motifs is 1. The summed E-state index contributed by atoms with van der Waals surface area (Å²) in [7, 11) is 0. The van der Waals surface area contributed by atoms with Gasteiger partial charge in [0, 0.05) is 28.9 Å². The molecule has 4 rings (SSSR count). The highest BCUT2D eigenvalue weighted by atomic mass is 32.1. The molecule has 0 bridgehead atoms. The quantitative estimate of drug-likeness (QED) is 0.512. The van der Waals surface area contributed by atoms with E-state index in [9.17, 15) is 8.78 Å². The zero-order chi connectivity index (χ0) is 24.4. The summed E-state index contributed by atoms with van der Waals surface area (Å²) < 4.78 is 31.3. The Morgan fingerprint density at radius 2 is 2.00 bits per heavy atom. The molecule has 0 unspecified atom stereocenters. The number of aromatic nitrogens is 4. The van der Waals surface area contributed by atoms with E-state index in [1.54, 1.807) is 0 Å². The van der Waals surface area contributed by atoms with E-state index < -0.39 is 13.0 Å². The molecule has 3 aromatic rings. The molecule has 0 aliphatic carbocycles. The van der Waals surface area contributed by atoms with Crippen LogP contribution in [-0.4, -0.2) is 46.3 Å². The van der Waals surface area contributed by atoms with Gasteiger partial charge >= 0.3 is 0 Å². The Morgan fingerprint density at radius 1 is 1.21 bits per heavy atom. The second-order valence-electron chi connectivity index (χ2n) is 8.64. The number of benzene rings is 1. The van der Waals surface area contributed by atoms with Crippen LogP contribution in [0.2, 0.25) is 0 Å². The van der Waals surface area contributed by atoms with Crippen LogP contribution in [-0.2, 0) is 13.1 Å². The number of ether oxygens (including phenoxy) is 1. The van der Waals surface area contributed by atoms with Gasteiger partial charge in [0.25, 0.3) is 6.43 Å². The molecule has 0 atom stereocenters. The van der Waals surface area contributed by atoms with Crippen LogP contribution >= 0.6 is 11.3 Å². The number of aryl methyl sites for hydroxylation is 2. The predicted octanol–water partition coefficient (Wildman–Crippen LogP) is 4.07. The first kappa shape index (κ1) is 24.2. The Morgan fingerprint density at radius 3 is 2.68 bits per heavy atom. The molecule has 2 aromatic heterocycles. The average molecular weight is 490 g/mol. The van der Waals surface area contributed by atoms with Crippen LogP contribution < -0.4 is 20.7 Å². The number of nitrogens with two attached hydrogens (primary N) is 1. The normalized spacial score (nSPS) is 13.8. The van der Waals surface area contributed by atoms with Crippen LogP contribution in [0.4, 0.5) is 19.7 Å². The summed E-state index contributed by atoms with van der Waals surface area (Å²) in [6.07, 6.45) is -2.42. The first-order valence-corrected chi connectivity index (χ1v) is 12.0. The number of rotatable bonds is 7. The van der Waals surface area contributed by atoms with Crippen molar-refractivity contribution < 1.29 is 13.5 Å². The molecule has 1 aromatic carbocycles. The number of hydrogen-bond donors (Lipinski definition) is 2. The number of hydrogen-bond acceptors (Lipinski definition) is 9. The Bertz CT molecular complexity index is 1170. The fraction of sp³-hybridized carbons (Fsp3) is 0.478. The number of nitrogens with one attached hydrogen (secondary N) is 1. The van der Waals surface area contributed by atoms with E-state index in [1.165, 1.54) is 11.3 Å². The Balaban J connectivity index is 1.71. The van der Waals surface area contributed by atoms with Crippen LogP contribution in [0, 0.1) is 13.8 Å². The van der Waals surface area contributed by atoms with Crippen LogP contribution in [0.25, 0.3) is 10.6 Å². The third kappa shape index (κ3) is 5.25. The minimum absolute atomic E-state index is 0.180. The van der Waals surface area contributed by atoms with E-state index in [0.29, 0.717) is 30.7 Å². The van der Waals surface area contributed by atoms with Crippen molar-refractivity contribution in [1.82, 2.24) is 25.5 Å². The second kappa shape index (κ2) is 10.1. The van der Waals surface area contributed by atoms with Gasteiger partial charge in [-0.1, -0.05) is 25.2 Å². The smallest absolute Gasteiger partial charge is 0.250 e. The van der Waals surface area contributed by atoms with Gasteiger partial charge in [-0.3, -0.25) is 0 Å². The Hall–Kier alpha value is -2.92. The molecule has 0 radical (unpaired) electrons. The van der Waals surface area contributed by atoms with Crippen molar-refractivity contribution in [3.63, 3.8) is 0 Å². The topological polar surface area (TPSA) is 102 Å². The third-order valence-corrected chi connectivity index (χ3v) is 6.43. The van der Waals surface area contributed by atoms with Gasteiger partial charge in [-0.05, 0) is 37.5 Å². The molecule has 182 valence electrons. The van der Waals surface area contributed by atoms with Crippen molar-refractivity contribution in [2.45, 2.75) is 53.1 Å². The molecule has 0 saturated carbocycles. The van der Waals surface area contributed by atoms with Crippen molar-refractivity contribution in [3.05, 3.63) is 40.3 Å².